The third kappa shape index (κ3) is 9.43. The first kappa shape index (κ1) is 25.7. The molecule has 2 N–H and O–H groups in total. The van der Waals surface area contributed by atoms with Gasteiger partial charge in [0.25, 0.3) is 0 Å². The lowest BCUT2D eigenvalue weighted by Crippen LogP contribution is -2.50. The Kier molecular flexibility index (Phi) is 10.0. The minimum atomic E-state index is -0.789. The van der Waals surface area contributed by atoms with E-state index in [0.29, 0.717) is 12.5 Å². The van der Waals surface area contributed by atoms with Crippen LogP contribution in [0, 0.1) is 17.0 Å². The van der Waals surface area contributed by atoms with Gasteiger partial charge in [-0.25, -0.2) is 8.78 Å². The molecule has 0 saturated heterocycles. The summed E-state index contributed by atoms with van der Waals surface area (Å²) in [5.41, 5.74) is -0.491. The van der Waals surface area contributed by atoms with Crippen LogP contribution in [0.4, 0.5) is 8.78 Å². The molecule has 0 saturated carbocycles. The van der Waals surface area contributed by atoms with Gasteiger partial charge in [0.15, 0.2) is 0 Å². The van der Waals surface area contributed by atoms with Gasteiger partial charge in [-0.2, -0.15) is 0 Å². The molecule has 30 heavy (non-hydrogen) atoms. The first-order chi connectivity index (χ1) is 13.9. The van der Waals surface area contributed by atoms with Gasteiger partial charge in [-0.1, -0.05) is 19.8 Å². The average Bonchev–Trinajstić information content (AvgIpc) is 2.61. The van der Waals surface area contributed by atoms with Gasteiger partial charge >= 0.3 is 5.97 Å². The van der Waals surface area contributed by atoms with E-state index in [2.05, 4.69) is 10.6 Å². The van der Waals surface area contributed by atoms with Crippen molar-refractivity contribution in [1.29, 1.82) is 0 Å². The van der Waals surface area contributed by atoms with Crippen LogP contribution < -0.4 is 10.6 Å². The van der Waals surface area contributed by atoms with Crippen LogP contribution >= 0.6 is 0 Å². The molecule has 1 unspecified atom stereocenters. The van der Waals surface area contributed by atoms with Crippen LogP contribution in [0.1, 0.15) is 59.4 Å². The van der Waals surface area contributed by atoms with Crippen molar-refractivity contribution in [2.45, 2.75) is 72.4 Å². The SMILES string of the molecule is CCCCC(COC(=O)C(C)(C)C)N[C@@H](C)C(=O)NC(=O)Cc1cc(F)cc(F)c1. The zero-order valence-electron chi connectivity index (χ0n) is 18.3. The van der Waals surface area contributed by atoms with Crippen molar-refractivity contribution < 1.29 is 27.9 Å². The molecular weight excluding hydrogens is 394 g/mol. The van der Waals surface area contributed by atoms with Crippen molar-refractivity contribution in [3.05, 3.63) is 35.4 Å². The van der Waals surface area contributed by atoms with Crippen LogP contribution in [0.15, 0.2) is 18.2 Å². The maximum atomic E-state index is 13.2. The van der Waals surface area contributed by atoms with E-state index in [1.807, 2.05) is 6.92 Å². The molecule has 1 aromatic carbocycles. The van der Waals surface area contributed by atoms with Crippen LogP contribution in [-0.2, 0) is 25.5 Å². The number of ether oxygens (including phenoxy) is 1. The quantitative estimate of drug-likeness (QED) is 0.561. The number of rotatable bonds is 10. The number of halogens is 2. The van der Waals surface area contributed by atoms with Crippen LogP contribution in [-0.4, -0.2) is 36.5 Å². The molecule has 2 atom stereocenters. The molecule has 0 heterocycles. The maximum Gasteiger partial charge on any atom is 0.311 e. The number of benzene rings is 1. The molecule has 8 heteroatoms. The van der Waals surface area contributed by atoms with E-state index < -0.39 is 34.9 Å². The van der Waals surface area contributed by atoms with Crippen molar-refractivity contribution in [1.82, 2.24) is 10.6 Å². The molecule has 168 valence electrons. The second-order valence-electron chi connectivity index (χ2n) is 8.44. The Morgan fingerprint density at radius 1 is 1.10 bits per heavy atom. The summed E-state index contributed by atoms with van der Waals surface area (Å²) in [6.45, 7) is 9.02. The van der Waals surface area contributed by atoms with E-state index in [1.54, 1.807) is 27.7 Å². The number of nitrogens with one attached hydrogen (secondary N) is 2. The Labute approximate surface area is 176 Å². The van der Waals surface area contributed by atoms with Crippen molar-refractivity contribution in [2.24, 2.45) is 5.41 Å². The molecule has 0 fully saturated rings. The molecule has 1 rings (SSSR count). The van der Waals surface area contributed by atoms with Crippen LogP contribution in [0.5, 0.6) is 0 Å². The summed E-state index contributed by atoms with van der Waals surface area (Å²) in [6, 6.07) is 1.82. The van der Waals surface area contributed by atoms with Gasteiger partial charge in [-0.3, -0.25) is 25.0 Å². The molecule has 0 aliphatic carbocycles. The normalized spacial score (nSPS) is 13.4. The second kappa shape index (κ2) is 11.7. The van der Waals surface area contributed by atoms with Gasteiger partial charge in [0.05, 0.1) is 17.9 Å². The Hall–Kier alpha value is -2.35. The van der Waals surface area contributed by atoms with E-state index in [4.69, 9.17) is 4.74 Å². The number of hydrogen-bond donors (Lipinski definition) is 2. The smallest absolute Gasteiger partial charge is 0.311 e. The first-order valence-electron chi connectivity index (χ1n) is 10.1. The lowest BCUT2D eigenvalue weighted by Gasteiger charge is -2.24. The molecule has 2 amide bonds. The van der Waals surface area contributed by atoms with Crippen LogP contribution in [0.2, 0.25) is 0 Å². The third-order valence-corrected chi connectivity index (χ3v) is 4.36. The van der Waals surface area contributed by atoms with Gasteiger partial charge in [0.2, 0.25) is 11.8 Å². The standard InChI is InChI=1S/C22H32F2N2O4/c1-6-7-8-18(13-30-21(29)22(3,4)5)25-14(2)20(28)26-19(27)11-15-9-16(23)12-17(24)10-15/h9-10,12,14,18,25H,6-8,11,13H2,1-5H3,(H,26,27,28)/t14-,18?/m0/s1. The number of imide groups is 1. The highest BCUT2D eigenvalue weighted by atomic mass is 19.1. The number of esters is 1. The summed E-state index contributed by atoms with van der Waals surface area (Å²) in [5, 5.41) is 5.31. The van der Waals surface area contributed by atoms with Gasteiger partial charge in [0.1, 0.15) is 18.2 Å². The fourth-order valence-corrected chi connectivity index (χ4v) is 2.68. The van der Waals surface area contributed by atoms with Gasteiger partial charge in [-0.05, 0) is 51.8 Å². The fourth-order valence-electron chi connectivity index (χ4n) is 2.68. The number of amides is 2. The first-order valence-corrected chi connectivity index (χ1v) is 10.1. The zero-order valence-corrected chi connectivity index (χ0v) is 18.3. The van der Waals surface area contributed by atoms with Crippen molar-refractivity contribution in [3.63, 3.8) is 0 Å². The monoisotopic (exact) mass is 426 g/mol. The third-order valence-electron chi connectivity index (χ3n) is 4.36. The molecule has 1 aromatic rings. The van der Waals surface area contributed by atoms with Gasteiger partial charge < -0.3 is 4.74 Å². The molecular formula is C22H32F2N2O4. The summed E-state index contributed by atoms with van der Waals surface area (Å²) in [6.07, 6.45) is 2.19. The fraction of sp³-hybridized carbons (Fsp3) is 0.591. The predicted molar refractivity (Wildman–Crippen MR) is 110 cm³/mol. The number of unbranched alkanes of at least 4 members (excludes halogenated alkanes) is 1. The summed E-state index contributed by atoms with van der Waals surface area (Å²) in [4.78, 5) is 36.4. The molecule has 0 bridgehead atoms. The van der Waals surface area contributed by atoms with Crippen molar-refractivity contribution in [3.8, 4) is 0 Å². The Morgan fingerprint density at radius 3 is 2.23 bits per heavy atom. The second-order valence-corrected chi connectivity index (χ2v) is 8.44. The van der Waals surface area contributed by atoms with E-state index in [0.717, 1.165) is 25.0 Å². The molecule has 6 nitrogen and oxygen atoms in total. The maximum absolute atomic E-state index is 13.2. The highest BCUT2D eigenvalue weighted by Gasteiger charge is 2.25. The van der Waals surface area contributed by atoms with Crippen molar-refractivity contribution in [2.75, 3.05) is 6.61 Å². The summed E-state index contributed by atoms with van der Waals surface area (Å²) < 4.78 is 31.8. The van der Waals surface area contributed by atoms with Crippen LogP contribution in [0.3, 0.4) is 0 Å². The topological polar surface area (TPSA) is 84.5 Å². The lowest BCUT2D eigenvalue weighted by molar-refractivity contribution is -0.153. The molecule has 0 radical (unpaired) electrons. The average molecular weight is 427 g/mol. The predicted octanol–water partition coefficient (Wildman–Crippen LogP) is 3.28. The van der Waals surface area contributed by atoms with Gasteiger partial charge in [0, 0.05) is 12.1 Å². The Bertz CT molecular complexity index is 727. The van der Waals surface area contributed by atoms with Crippen LogP contribution in [0.25, 0.3) is 0 Å². The molecule has 0 aromatic heterocycles. The van der Waals surface area contributed by atoms with E-state index in [9.17, 15) is 23.2 Å². The van der Waals surface area contributed by atoms with Crippen molar-refractivity contribution >= 4 is 17.8 Å². The number of carbonyl (C=O) groups is 3. The largest absolute Gasteiger partial charge is 0.464 e. The Morgan fingerprint density at radius 2 is 1.70 bits per heavy atom. The number of carbonyl (C=O) groups excluding carboxylic acids is 3. The lowest BCUT2D eigenvalue weighted by atomic mass is 9.97. The molecule has 0 aliphatic rings. The van der Waals surface area contributed by atoms with Gasteiger partial charge in [-0.15, -0.1) is 0 Å². The molecule has 0 spiro atoms. The zero-order chi connectivity index (χ0) is 22.9. The summed E-state index contributed by atoms with van der Waals surface area (Å²) in [7, 11) is 0. The highest BCUT2D eigenvalue weighted by molar-refractivity contribution is 5.98. The summed E-state index contributed by atoms with van der Waals surface area (Å²) >= 11 is 0. The van der Waals surface area contributed by atoms with E-state index in [-0.39, 0.29) is 30.6 Å². The molecule has 0 aliphatic heterocycles. The minimum Gasteiger partial charge on any atom is -0.464 e. The number of hydrogen-bond acceptors (Lipinski definition) is 5. The summed E-state index contributed by atoms with van der Waals surface area (Å²) in [5.74, 6) is -3.14. The minimum absolute atomic E-state index is 0.115. The highest BCUT2D eigenvalue weighted by Crippen LogP contribution is 2.16. The Balaban J connectivity index is 2.61. The van der Waals surface area contributed by atoms with E-state index >= 15 is 0 Å². The van der Waals surface area contributed by atoms with E-state index in [1.165, 1.54) is 0 Å².